The summed E-state index contributed by atoms with van der Waals surface area (Å²) in [6.45, 7) is 0. The molecule has 0 aliphatic rings. The maximum absolute atomic E-state index is 10.0. The highest BCUT2D eigenvalue weighted by atomic mass is 32.1. The molecule has 3 nitrogen and oxygen atoms in total. The van der Waals surface area contributed by atoms with Crippen molar-refractivity contribution in [3.05, 3.63) is 17.1 Å². The third-order valence-electron chi connectivity index (χ3n) is 0.839. The molecular formula is C5H5NO2S. The van der Waals surface area contributed by atoms with Crippen molar-refractivity contribution in [2.75, 3.05) is 0 Å². The number of hydrogen-bond donors (Lipinski definition) is 1. The lowest BCUT2D eigenvalue weighted by atomic mass is 10.3. The summed E-state index contributed by atoms with van der Waals surface area (Å²) in [4.78, 5) is 10.0. The molecule has 0 atom stereocenters. The van der Waals surface area contributed by atoms with E-state index in [1.807, 2.05) is 0 Å². The van der Waals surface area contributed by atoms with Gasteiger partial charge in [-0.05, 0) is 17.1 Å². The molecule has 1 N–H and O–H groups in total. The van der Waals surface area contributed by atoms with E-state index in [1.54, 1.807) is 11.6 Å². The van der Waals surface area contributed by atoms with Gasteiger partial charge in [-0.25, -0.2) is 4.37 Å². The lowest BCUT2D eigenvalue weighted by molar-refractivity contribution is -0.136. The molecule has 48 valence electrons. The van der Waals surface area contributed by atoms with E-state index in [1.165, 1.54) is 11.5 Å². The fraction of sp³-hybridized carbons (Fsp3) is 0.200. The molecular weight excluding hydrogens is 138 g/mol. The van der Waals surface area contributed by atoms with Gasteiger partial charge in [0.1, 0.15) is 0 Å². The van der Waals surface area contributed by atoms with Gasteiger partial charge in [-0.3, -0.25) is 4.79 Å². The summed E-state index contributed by atoms with van der Waals surface area (Å²) < 4.78 is 3.75. The van der Waals surface area contributed by atoms with Crippen molar-refractivity contribution in [1.29, 1.82) is 0 Å². The SMILES string of the molecule is O=C(O)Cc1cnsc1. The zero-order chi connectivity index (χ0) is 6.69. The lowest BCUT2D eigenvalue weighted by Gasteiger charge is -1.84. The van der Waals surface area contributed by atoms with Gasteiger partial charge >= 0.3 is 5.97 Å². The average Bonchev–Trinajstić information content (AvgIpc) is 2.15. The van der Waals surface area contributed by atoms with E-state index in [2.05, 4.69) is 4.37 Å². The summed E-state index contributed by atoms with van der Waals surface area (Å²) in [7, 11) is 0. The Bertz CT molecular complexity index is 195. The highest BCUT2D eigenvalue weighted by molar-refractivity contribution is 7.03. The number of carboxylic acid groups (broad SMARTS) is 1. The van der Waals surface area contributed by atoms with Crippen LogP contribution < -0.4 is 0 Å². The Morgan fingerprint density at radius 1 is 1.89 bits per heavy atom. The number of carboxylic acids is 1. The smallest absolute Gasteiger partial charge is 0.307 e. The predicted molar refractivity (Wildman–Crippen MR) is 33.5 cm³/mol. The molecule has 1 aromatic rings. The molecule has 0 amide bonds. The maximum Gasteiger partial charge on any atom is 0.307 e. The van der Waals surface area contributed by atoms with Crippen LogP contribution in [0.3, 0.4) is 0 Å². The van der Waals surface area contributed by atoms with Crippen LogP contribution in [0.15, 0.2) is 11.6 Å². The summed E-state index contributed by atoms with van der Waals surface area (Å²) >= 11 is 1.27. The van der Waals surface area contributed by atoms with Gasteiger partial charge in [0.05, 0.1) is 6.42 Å². The highest BCUT2D eigenvalue weighted by Crippen LogP contribution is 2.01. The van der Waals surface area contributed by atoms with Crippen molar-refractivity contribution in [2.45, 2.75) is 6.42 Å². The van der Waals surface area contributed by atoms with Crippen LogP contribution in [0.25, 0.3) is 0 Å². The second-order valence-corrected chi connectivity index (χ2v) is 2.26. The van der Waals surface area contributed by atoms with Crippen LogP contribution in [0.4, 0.5) is 0 Å². The second kappa shape index (κ2) is 2.59. The Morgan fingerprint density at radius 3 is 3.11 bits per heavy atom. The van der Waals surface area contributed by atoms with E-state index in [9.17, 15) is 4.79 Å². The summed E-state index contributed by atoms with van der Waals surface area (Å²) in [5.41, 5.74) is 0.771. The van der Waals surface area contributed by atoms with E-state index >= 15 is 0 Å². The molecule has 0 fully saturated rings. The fourth-order valence-corrected chi connectivity index (χ4v) is 1.03. The summed E-state index contributed by atoms with van der Waals surface area (Å²) in [5.74, 6) is -0.810. The highest BCUT2D eigenvalue weighted by Gasteiger charge is 1.98. The third kappa shape index (κ3) is 1.81. The van der Waals surface area contributed by atoms with Crippen LogP contribution in [0.1, 0.15) is 5.56 Å². The first-order valence-electron chi connectivity index (χ1n) is 2.39. The molecule has 0 unspecified atom stereocenters. The minimum absolute atomic E-state index is 0.0799. The monoisotopic (exact) mass is 143 g/mol. The fourth-order valence-electron chi connectivity index (χ4n) is 0.489. The van der Waals surface area contributed by atoms with E-state index in [0.29, 0.717) is 0 Å². The van der Waals surface area contributed by atoms with Gasteiger partial charge in [0.15, 0.2) is 0 Å². The number of nitrogens with zero attached hydrogens (tertiary/aromatic N) is 1. The van der Waals surface area contributed by atoms with Crippen LogP contribution in [0.5, 0.6) is 0 Å². The predicted octanol–water partition coefficient (Wildman–Crippen LogP) is 0.770. The van der Waals surface area contributed by atoms with Crippen LogP contribution in [0.2, 0.25) is 0 Å². The maximum atomic E-state index is 10.0. The number of aliphatic carboxylic acids is 1. The first-order valence-corrected chi connectivity index (χ1v) is 3.23. The largest absolute Gasteiger partial charge is 0.481 e. The summed E-state index contributed by atoms with van der Waals surface area (Å²) in [6.07, 6.45) is 1.65. The van der Waals surface area contributed by atoms with Crippen LogP contribution in [0, 0.1) is 0 Å². The van der Waals surface area contributed by atoms with Crippen LogP contribution >= 0.6 is 11.5 Å². The molecule has 4 heteroatoms. The normalized spacial score (nSPS) is 9.33. The van der Waals surface area contributed by atoms with E-state index < -0.39 is 5.97 Å². The van der Waals surface area contributed by atoms with E-state index in [0.717, 1.165) is 5.56 Å². The van der Waals surface area contributed by atoms with Gasteiger partial charge in [0.2, 0.25) is 0 Å². The van der Waals surface area contributed by atoms with Gasteiger partial charge in [-0.1, -0.05) is 0 Å². The minimum atomic E-state index is -0.810. The van der Waals surface area contributed by atoms with E-state index in [4.69, 9.17) is 5.11 Å². The standard InChI is InChI=1S/C5H5NO2S/c7-5(8)1-4-2-6-9-3-4/h2-3H,1H2,(H,7,8). The van der Waals surface area contributed by atoms with Crippen molar-refractivity contribution in [3.63, 3.8) is 0 Å². The van der Waals surface area contributed by atoms with Crippen molar-refractivity contribution in [1.82, 2.24) is 4.37 Å². The summed E-state index contributed by atoms with van der Waals surface area (Å²) in [6, 6.07) is 0. The molecule has 1 heterocycles. The number of hydrogen-bond acceptors (Lipinski definition) is 3. The Kier molecular flexibility index (Phi) is 1.79. The zero-order valence-electron chi connectivity index (χ0n) is 4.57. The molecule has 0 saturated carbocycles. The number of aromatic nitrogens is 1. The molecule has 9 heavy (non-hydrogen) atoms. The minimum Gasteiger partial charge on any atom is -0.481 e. The quantitative estimate of drug-likeness (QED) is 0.665. The van der Waals surface area contributed by atoms with Crippen molar-refractivity contribution < 1.29 is 9.90 Å². The molecule has 0 spiro atoms. The topological polar surface area (TPSA) is 50.2 Å². The van der Waals surface area contributed by atoms with Crippen molar-refractivity contribution in [2.24, 2.45) is 0 Å². The Morgan fingerprint density at radius 2 is 2.67 bits per heavy atom. The van der Waals surface area contributed by atoms with Gasteiger partial charge in [0.25, 0.3) is 0 Å². The molecule has 0 saturated heterocycles. The second-order valence-electron chi connectivity index (χ2n) is 1.60. The first-order chi connectivity index (χ1) is 4.29. The number of rotatable bonds is 2. The molecule has 1 rings (SSSR count). The summed E-state index contributed by atoms with van der Waals surface area (Å²) in [5, 5.41) is 9.99. The van der Waals surface area contributed by atoms with Gasteiger partial charge in [-0.15, -0.1) is 0 Å². The molecule has 0 bridgehead atoms. The average molecular weight is 143 g/mol. The van der Waals surface area contributed by atoms with E-state index in [-0.39, 0.29) is 6.42 Å². The van der Waals surface area contributed by atoms with Crippen LogP contribution in [-0.2, 0) is 11.2 Å². The Hall–Kier alpha value is -0.900. The molecule has 0 aliphatic carbocycles. The number of carbonyl (C=O) groups is 1. The van der Waals surface area contributed by atoms with Crippen molar-refractivity contribution in [3.8, 4) is 0 Å². The molecule has 0 aliphatic heterocycles. The Labute approximate surface area is 56.1 Å². The Balaban J connectivity index is 2.58. The van der Waals surface area contributed by atoms with Gasteiger partial charge in [0, 0.05) is 11.6 Å². The van der Waals surface area contributed by atoms with Gasteiger partial charge in [-0.2, -0.15) is 0 Å². The molecule has 1 aromatic heterocycles. The van der Waals surface area contributed by atoms with Gasteiger partial charge < -0.3 is 5.11 Å². The lowest BCUT2D eigenvalue weighted by Crippen LogP contribution is -1.97. The molecule has 0 radical (unpaired) electrons. The van der Waals surface area contributed by atoms with Crippen LogP contribution in [-0.4, -0.2) is 15.4 Å². The third-order valence-corrected chi connectivity index (χ3v) is 1.47. The molecule has 0 aromatic carbocycles. The zero-order valence-corrected chi connectivity index (χ0v) is 5.39. The first kappa shape index (κ1) is 6.22. The van der Waals surface area contributed by atoms with Crippen molar-refractivity contribution >= 4 is 17.5 Å².